The van der Waals surface area contributed by atoms with Gasteiger partial charge in [0.1, 0.15) is 0 Å². The number of rotatable bonds is 5. The summed E-state index contributed by atoms with van der Waals surface area (Å²) < 4.78 is 10.2. The molecule has 0 bridgehead atoms. The van der Waals surface area contributed by atoms with Crippen molar-refractivity contribution < 1.29 is 14.3 Å². The Morgan fingerprint density at radius 2 is 2.11 bits per heavy atom. The first-order valence-corrected chi connectivity index (χ1v) is 6.23. The third kappa shape index (κ3) is 3.33. The number of nitrogens with one attached hydrogen (secondary N) is 1. The average molecular weight is 262 g/mol. The van der Waals surface area contributed by atoms with E-state index in [1.165, 1.54) is 0 Å². The molecule has 0 fully saturated rings. The van der Waals surface area contributed by atoms with Crippen LogP contribution in [0.4, 0.5) is 0 Å². The highest BCUT2D eigenvalue weighted by Gasteiger charge is 2.29. The van der Waals surface area contributed by atoms with E-state index in [2.05, 4.69) is 5.43 Å². The molecule has 19 heavy (non-hydrogen) atoms. The van der Waals surface area contributed by atoms with Crippen LogP contribution in [0.3, 0.4) is 0 Å². The molecule has 0 saturated heterocycles. The third-order valence-corrected chi connectivity index (χ3v) is 2.80. The zero-order chi connectivity index (χ0) is 13.7. The van der Waals surface area contributed by atoms with Crippen molar-refractivity contribution in [1.82, 2.24) is 10.4 Å². The minimum Gasteiger partial charge on any atom is -0.462 e. The van der Waals surface area contributed by atoms with Crippen molar-refractivity contribution >= 4 is 5.97 Å². The first-order chi connectivity index (χ1) is 9.24. The molecule has 102 valence electrons. The number of hydrogen-bond acceptors (Lipinski definition) is 5. The molecule has 0 saturated carbocycles. The first-order valence-electron chi connectivity index (χ1n) is 6.23. The van der Waals surface area contributed by atoms with Gasteiger partial charge in [-0.3, -0.25) is 0 Å². The van der Waals surface area contributed by atoms with Gasteiger partial charge in [-0.05, 0) is 12.5 Å². The van der Waals surface area contributed by atoms with Gasteiger partial charge in [0.2, 0.25) is 0 Å². The topological polar surface area (TPSA) is 50.8 Å². The molecule has 1 unspecified atom stereocenters. The van der Waals surface area contributed by atoms with Crippen molar-refractivity contribution in [2.75, 3.05) is 13.7 Å². The summed E-state index contributed by atoms with van der Waals surface area (Å²) >= 11 is 0. The Hall–Kier alpha value is -1.85. The average Bonchev–Trinajstić information content (AvgIpc) is 2.83. The van der Waals surface area contributed by atoms with Crippen molar-refractivity contribution in [1.29, 1.82) is 0 Å². The van der Waals surface area contributed by atoms with Crippen molar-refractivity contribution in [2.24, 2.45) is 0 Å². The molecule has 5 heteroatoms. The summed E-state index contributed by atoms with van der Waals surface area (Å²) in [7, 11) is 1.55. The summed E-state index contributed by atoms with van der Waals surface area (Å²) in [5, 5.41) is 1.83. The first kappa shape index (κ1) is 13.6. The van der Waals surface area contributed by atoms with E-state index in [0.29, 0.717) is 18.7 Å². The van der Waals surface area contributed by atoms with Crippen molar-refractivity contribution in [3.63, 3.8) is 0 Å². The maximum absolute atomic E-state index is 11.8. The van der Waals surface area contributed by atoms with E-state index in [1.54, 1.807) is 20.2 Å². The smallest absolute Gasteiger partial charge is 0.339 e. The standard InChI is InChI=1S/C14H18N2O3/c1-3-19-14(17)12-10-16(15-13(12)18-2)9-11-7-5-4-6-8-11/h4-8,10,13,15H,3,9H2,1-2H3. The lowest BCUT2D eigenvalue weighted by molar-refractivity contribution is -0.140. The van der Waals surface area contributed by atoms with Gasteiger partial charge in [0.25, 0.3) is 0 Å². The lowest BCUT2D eigenvalue weighted by Gasteiger charge is -2.19. The fourth-order valence-corrected chi connectivity index (χ4v) is 1.92. The summed E-state index contributed by atoms with van der Waals surface area (Å²) in [5.74, 6) is -0.350. The summed E-state index contributed by atoms with van der Waals surface area (Å²) in [5.41, 5.74) is 4.73. The molecule has 0 spiro atoms. The van der Waals surface area contributed by atoms with E-state index in [9.17, 15) is 4.79 Å². The van der Waals surface area contributed by atoms with Crippen LogP contribution in [-0.4, -0.2) is 30.9 Å². The molecule has 0 radical (unpaired) electrons. The zero-order valence-corrected chi connectivity index (χ0v) is 11.1. The van der Waals surface area contributed by atoms with Crippen LogP contribution in [0, 0.1) is 0 Å². The Morgan fingerprint density at radius 1 is 1.37 bits per heavy atom. The molecule has 0 aromatic heterocycles. The second kappa shape index (κ2) is 6.36. The van der Waals surface area contributed by atoms with Crippen LogP contribution in [0.2, 0.25) is 0 Å². The molecule has 1 heterocycles. The fraction of sp³-hybridized carbons (Fsp3) is 0.357. The molecule has 0 aliphatic carbocycles. The Kier molecular flexibility index (Phi) is 4.54. The van der Waals surface area contributed by atoms with Gasteiger partial charge < -0.3 is 14.5 Å². The van der Waals surface area contributed by atoms with Gasteiger partial charge in [-0.1, -0.05) is 30.3 Å². The monoisotopic (exact) mass is 262 g/mol. The Morgan fingerprint density at radius 3 is 2.74 bits per heavy atom. The van der Waals surface area contributed by atoms with Gasteiger partial charge in [0.05, 0.1) is 18.7 Å². The molecule has 0 amide bonds. The van der Waals surface area contributed by atoms with E-state index in [0.717, 1.165) is 5.56 Å². The van der Waals surface area contributed by atoms with Crippen LogP contribution in [0.25, 0.3) is 0 Å². The van der Waals surface area contributed by atoms with Gasteiger partial charge in [-0.2, -0.15) is 0 Å². The van der Waals surface area contributed by atoms with E-state index in [-0.39, 0.29) is 5.97 Å². The second-order valence-corrected chi connectivity index (χ2v) is 4.16. The number of esters is 1. The van der Waals surface area contributed by atoms with Gasteiger partial charge in [-0.25, -0.2) is 10.2 Å². The maximum Gasteiger partial charge on any atom is 0.339 e. The maximum atomic E-state index is 11.8. The Bertz CT molecular complexity index is 459. The van der Waals surface area contributed by atoms with E-state index < -0.39 is 6.23 Å². The molecule has 1 atom stereocenters. The molecule has 1 N–H and O–H groups in total. The predicted molar refractivity (Wildman–Crippen MR) is 70.6 cm³/mol. The number of carbonyl (C=O) groups is 1. The highest BCUT2D eigenvalue weighted by molar-refractivity contribution is 5.89. The minimum absolute atomic E-state index is 0.350. The van der Waals surface area contributed by atoms with Crippen LogP contribution in [-0.2, 0) is 20.8 Å². The molecule has 5 nitrogen and oxygen atoms in total. The van der Waals surface area contributed by atoms with Crippen molar-refractivity contribution in [2.45, 2.75) is 19.7 Å². The largest absolute Gasteiger partial charge is 0.462 e. The number of carbonyl (C=O) groups excluding carboxylic acids is 1. The van der Waals surface area contributed by atoms with Crippen LogP contribution in [0.15, 0.2) is 42.1 Å². The number of hydrogen-bond donors (Lipinski definition) is 1. The molecule has 1 aliphatic heterocycles. The minimum atomic E-state index is -0.456. The van der Waals surface area contributed by atoms with Gasteiger partial charge >= 0.3 is 5.97 Å². The van der Waals surface area contributed by atoms with Crippen LogP contribution in [0.1, 0.15) is 12.5 Å². The predicted octanol–water partition coefficient (Wildman–Crippen LogP) is 1.43. The molecule has 1 aromatic carbocycles. The number of methoxy groups -OCH3 is 1. The lowest BCUT2D eigenvalue weighted by Crippen LogP contribution is -2.37. The summed E-state index contributed by atoms with van der Waals surface area (Å²) in [6.07, 6.45) is 1.28. The Balaban J connectivity index is 2.06. The Labute approximate surface area is 112 Å². The zero-order valence-electron chi connectivity index (χ0n) is 11.1. The fourth-order valence-electron chi connectivity index (χ4n) is 1.92. The summed E-state index contributed by atoms with van der Waals surface area (Å²) in [6.45, 7) is 2.79. The van der Waals surface area contributed by atoms with Gasteiger partial charge in [0, 0.05) is 13.3 Å². The van der Waals surface area contributed by atoms with Crippen LogP contribution >= 0.6 is 0 Å². The number of ether oxygens (including phenoxy) is 2. The van der Waals surface area contributed by atoms with E-state index in [4.69, 9.17) is 9.47 Å². The van der Waals surface area contributed by atoms with Crippen molar-refractivity contribution in [3.8, 4) is 0 Å². The van der Waals surface area contributed by atoms with Gasteiger partial charge in [0.15, 0.2) is 6.23 Å². The highest BCUT2D eigenvalue weighted by atomic mass is 16.5. The van der Waals surface area contributed by atoms with E-state index >= 15 is 0 Å². The van der Waals surface area contributed by atoms with Gasteiger partial charge in [-0.15, -0.1) is 0 Å². The van der Waals surface area contributed by atoms with Crippen LogP contribution < -0.4 is 5.43 Å². The number of nitrogens with zero attached hydrogens (tertiary/aromatic N) is 1. The summed E-state index contributed by atoms with van der Waals surface area (Å²) in [4.78, 5) is 11.8. The van der Waals surface area contributed by atoms with Crippen LogP contribution in [0.5, 0.6) is 0 Å². The molecular weight excluding hydrogens is 244 g/mol. The second-order valence-electron chi connectivity index (χ2n) is 4.16. The highest BCUT2D eigenvalue weighted by Crippen LogP contribution is 2.17. The van der Waals surface area contributed by atoms with Crippen molar-refractivity contribution in [3.05, 3.63) is 47.7 Å². The molecule has 1 aliphatic rings. The number of hydrazine groups is 1. The van der Waals surface area contributed by atoms with E-state index in [1.807, 2.05) is 35.3 Å². The molecule has 2 rings (SSSR count). The summed E-state index contributed by atoms with van der Waals surface area (Å²) in [6, 6.07) is 9.99. The molecule has 1 aromatic rings. The quantitative estimate of drug-likeness (QED) is 0.813. The normalized spacial score (nSPS) is 18.3. The SMILES string of the molecule is CCOC(=O)C1=CN(Cc2ccccc2)NC1OC. The molecular formula is C14H18N2O3. The lowest BCUT2D eigenvalue weighted by atomic mass is 10.2. The third-order valence-electron chi connectivity index (χ3n) is 2.80. The number of benzene rings is 1.